The number of methoxy groups -OCH3 is 2. The van der Waals surface area contributed by atoms with Crippen LogP contribution >= 0.6 is 0 Å². The van der Waals surface area contributed by atoms with E-state index in [9.17, 15) is 24.9 Å². The van der Waals surface area contributed by atoms with Crippen molar-refractivity contribution in [2.24, 2.45) is 17.3 Å². The lowest BCUT2D eigenvalue weighted by Crippen LogP contribution is -2.51. The van der Waals surface area contributed by atoms with Gasteiger partial charge in [0.05, 0.1) is 26.4 Å². The van der Waals surface area contributed by atoms with E-state index in [0.717, 1.165) is 14.2 Å². The smallest absolute Gasteiger partial charge is 0.328 e. The van der Waals surface area contributed by atoms with Gasteiger partial charge in [-0.25, -0.2) is 0 Å². The van der Waals surface area contributed by atoms with Crippen molar-refractivity contribution < 1.29 is 23.9 Å². The van der Waals surface area contributed by atoms with Crippen molar-refractivity contribution in [2.75, 3.05) is 14.2 Å². The van der Waals surface area contributed by atoms with E-state index in [2.05, 4.69) is 9.47 Å². The van der Waals surface area contributed by atoms with E-state index in [0.29, 0.717) is 12.8 Å². The predicted molar refractivity (Wildman–Crippen MR) is 68.1 cm³/mol. The van der Waals surface area contributed by atoms with Crippen LogP contribution in [0.15, 0.2) is 0 Å². The molecule has 0 aliphatic heterocycles. The largest absolute Gasteiger partial charge is 0.468 e. The van der Waals surface area contributed by atoms with E-state index in [1.807, 2.05) is 0 Å². The number of ether oxygens (including phenoxy) is 2. The molecule has 3 atom stereocenters. The van der Waals surface area contributed by atoms with Crippen LogP contribution in [0, 0.1) is 39.9 Å². The lowest BCUT2D eigenvalue weighted by molar-refractivity contribution is -0.165. The second kappa shape index (κ2) is 6.85. The highest BCUT2D eigenvalue weighted by Crippen LogP contribution is 2.43. The average Bonchev–Trinajstić information content (AvgIpc) is 2.52. The van der Waals surface area contributed by atoms with Gasteiger partial charge in [0.25, 0.3) is 0 Å². The van der Waals surface area contributed by atoms with Crippen molar-refractivity contribution in [3.8, 4) is 12.1 Å². The van der Waals surface area contributed by atoms with Gasteiger partial charge < -0.3 is 9.47 Å². The molecular weight excluding hydrogens is 276 g/mol. The van der Waals surface area contributed by atoms with Crippen molar-refractivity contribution >= 4 is 17.7 Å². The molecule has 0 aromatic carbocycles. The first-order valence-corrected chi connectivity index (χ1v) is 6.49. The molecular formula is C14H16N2O5. The van der Waals surface area contributed by atoms with Crippen LogP contribution < -0.4 is 0 Å². The summed E-state index contributed by atoms with van der Waals surface area (Å²) in [5, 5.41) is 18.8. The SMILES string of the molecule is COC(=O)[C@H](C#N)[C@@](C#N)(C(=O)OC)[C@H]1CCCCC1=O. The Morgan fingerprint density at radius 2 is 1.95 bits per heavy atom. The molecule has 0 saturated heterocycles. The molecule has 1 saturated carbocycles. The van der Waals surface area contributed by atoms with Gasteiger partial charge in [-0.1, -0.05) is 6.42 Å². The minimum atomic E-state index is -2.16. The molecule has 21 heavy (non-hydrogen) atoms. The summed E-state index contributed by atoms with van der Waals surface area (Å²) in [5.41, 5.74) is -2.16. The summed E-state index contributed by atoms with van der Waals surface area (Å²) in [6, 6.07) is 3.34. The number of ketones is 1. The van der Waals surface area contributed by atoms with Crippen LogP contribution in [0.2, 0.25) is 0 Å². The van der Waals surface area contributed by atoms with E-state index < -0.39 is 29.2 Å². The van der Waals surface area contributed by atoms with Gasteiger partial charge in [0.1, 0.15) is 5.78 Å². The molecule has 0 heterocycles. The molecule has 1 aliphatic carbocycles. The Labute approximate surface area is 122 Å². The number of carbonyl (C=O) groups excluding carboxylic acids is 3. The van der Waals surface area contributed by atoms with E-state index in [1.165, 1.54) is 0 Å². The third kappa shape index (κ3) is 2.73. The van der Waals surface area contributed by atoms with Gasteiger partial charge in [0.15, 0.2) is 11.3 Å². The van der Waals surface area contributed by atoms with Crippen LogP contribution in [0.5, 0.6) is 0 Å². The van der Waals surface area contributed by atoms with Gasteiger partial charge in [0.2, 0.25) is 0 Å². The number of hydrogen-bond donors (Lipinski definition) is 0. The van der Waals surface area contributed by atoms with Crippen molar-refractivity contribution in [3.05, 3.63) is 0 Å². The first-order chi connectivity index (χ1) is 9.99. The third-order valence-electron chi connectivity index (χ3n) is 3.83. The Bertz CT molecular complexity index is 530. The molecule has 0 N–H and O–H groups in total. The zero-order chi connectivity index (χ0) is 16.0. The molecule has 0 aromatic heterocycles. The predicted octanol–water partition coefficient (Wildman–Crippen LogP) is 0.741. The molecule has 1 rings (SSSR count). The number of hydrogen-bond acceptors (Lipinski definition) is 7. The number of Topliss-reactive ketones (excluding diaryl/α,β-unsaturated/α-hetero) is 1. The van der Waals surface area contributed by atoms with Crippen LogP contribution in [0.1, 0.15) is 25.7 Å². The fourth-order valence-corrected chi connectivity index (χ4v) is 2.74. The second-order valence-corrected chi connectivity index (χ2v) is 4.82. The van der Waals surface area contributed by atoms with Crippen LogP contribution in [0.3, 0.4) is 0 Å². The van der Waals surface area contributed by atoms with Crippen LogP contribution in [0.25, 0.3) is 0 Å². The summed E-state index contributed by atoms with van der Waals surface area (Å²) in [6.07, 6.45) is 1.77. The number of rotatable bonds is 4. The summed E-state index contributed by atoms with van der Waals surface area (Å²) in [5.74, 6) is -5.12. The highest BCUT2D eigenvalue weighted by molar-refractivity contribution is 5.96. The minimum absolute atomic E-state index is 0.213. The molecule has 7 nitrogen and oxygen atoms in total. The lowest BCUT2D eigenvalue weighted by atomic mass is 9.62. The number of esters is 2. The van der Waals surface area contributed by atoms with Crippen molar-refractivity contribution in [3.63, 3.8) is 0 Å². The fraction of sp³-hybridized carbons (Fsp3) is 0.643. The number of nitrogens with zero attached hydrogens (tertiary/aromatic N) is 2. The molecule has 0 amide bonds. The van der Waals surface area contributed by atoms with Gasteiger partial charge in [-0.2, -0.15) is 10.5 Å². The normalized spacial score (nSPS) is 22.1. The summed E-state index contributed by atoms with van der Waals surface area (Å²) < 4.78 is 9.11. The first kappa shape index (κ1) is 16.6. The Balaban J connectivity index is 3.45. The van der Waals surface area contributed by atoms with Crippen LogP contribution in [-0.2, 0) is 23.9 Å². The van der Waals surface area contributed by atoms with Crippen LogP contribution in [-0.4, -0.2) is 31.9 Å². The average molecular weight is 292 g/mol. The molecule has 7 heteroatoms. The zero-order valence-electron chi connectivity index (χ0n) is 11.9. The molecule has 1 fully saturated rings. The second-order valence-electron chi connectivity index (χ2n) is 4.82. The van der Waals surface area contributed by atoms with Crippen LogP contribution in [0.4, 0.5) is 0 Å². The number of nitriles is 2. The highest BCUT2D eigenvalue weighted by atomic mass is 16.5. The molecule has 0 spiro atoms. The molecule has 112 valence electrons. The van der Waals surface area contributed by atoms with Crippen molar-refractivity contribution in [1.82, 2.24) is 0 Å². The molecule has 0 bridgehead atoms. The summed E-state index contributed by atoms with van der Waals surface area (Å²) in [7, 11) is 2.10. The Hall–Kier alpha value is -2.41. The fourth-order valence-electron chi connectivity index (χ4n) is 2.74. The monoisotopic (exact) mass is 292 g/mol. The maximum absolute atomic E-state index is 12.2. The molecule has 1 aliphatic rings. The standard InChI is InChI=1S/C14H16N2O5/c1-20-12(18)10(7-15)14(8-16,13(19)21-2)9-5-3-4-6-11(9)17/h9-10H,3-6H2,1-2H3/t9-,10-,14-/m0/s1. The van der Waals surface area contributed by atoms with Gasteiger partial charge >= 0.3 is 11.9 Å². The van der Waals surface area contributed by atoms with Gasteiger partial charge in [-0.3, -0.25) is 14.4 Å². The maximum atomic E-state index is 12.2. The maximum Gasteiger partial charge on any atom is 0.328 e. The molecule has 0 radical (unpaired) electrons. The van der Waals surface area contributed by atoms with E-state index in [4.69, 9.17) is 0 Å². The Morgan fingerprint density at radius 3 is 2.38 bits per heavy atom. The topological polar surface area (TPSA) is 117 Å². The van der Waals surface area contributed by atoms with Gasteiger partial charge in [0, 0.05) is 12.3 Å². The first-order valence-electron chi connectivity index (χ1n) is 6.49. The Morgan fingerprint density at radius 1 is 1.29 bits per heavy atom. The van der Waals surface area contributed by atoms with E-state index in [-0.39, 0.29) is 18.6 Å². The van der Waals surface area contributed by atoms with Gasteiger partial charge in [-0.05, 0) is 12.8 Å². The third-order valence-corrected chi connectivity index (χ3v) is 3.83. The van der Waals surface area contributed by atoms with E-state index in [1.54, 1.807) is 12.1 Å². The van der Waals surface area contributed by atoms with E-state index >= 15 is 0 Å². The summed E-state index contributed by atoms with van der Waals surface area (Å²) in [6.45, 7) is 0. The Kier molecular flexibility index (Phi) is 5.43. The minimum Gasteiger partial charge on any atom is -0.468 e. The highest BCUT2D eigenvalue weighted by Gasteiger charge is 2.59. The zero-order valence-corrected chi connectivity index (χ0v) is 11.9. The number of carbonyl (C=O) groups is 3. The van der Waals surface area contributed by atoms with Crippen molar-refractivity contribution in [2.45, 2.75) is 25.7 Å². The van der Waals surface area contributed by atoms with Crippen molar-refractivity contribution in [1.29, 1.82) is 10.5 Å². The lowest BCUT2D eigenvalue weighted by Gasteiger charge is -2.35. The quantitative estimate of drug-likeness (QED) is 0.701. The summed E-state index contributed by atoms with van der Waals surface area (Å²) in [4.78, 5) is 36.1. The van der Waals surface area contributed by atoms with Gasteiger partial charge in [-0.15, -0.1) is 0 Å². The molecule has 0 aromatic rings. The summed E-state index contributed by atoms with van der Waals surface area (Å²) >= 11 is 0. The molecule has 0 unspecified atom stereocenters.